The minimum Gasteiger partial charge on any atom is -0.454 e. The van der Waals surface area contributed by atoms with E-state index in [4.69, 9.17) is 4.42 Å². The number of hydrogen-bond donors (Lipinski definition) is 1. The van der Waals surface area contributed by atoms with Crippen LogP contribution < -0.4 is 5.32 Å². The first-order valence-electron chi connectivity index (χ1n) is 13.7. The first-order valence-corrected chi connectivity index (χ1v) is 13.7. The van der Waals surface area contributed by atoms with Gasteiger partial charge in [-0.25, -0.2) is 0 Å². The lowest BCUT2D eigenvalue weighted by Crippen LogP contribution is -2.29. The highest BCUT2D eigenvalue weighted by atomic mass is 16.3. The van der Waals surface area contributed by atoms with E-state index in [0.717, 1.165) is 38.9 Å². The van der Waals surface area contributed by atoms with Crippen molar-refractivity contribution in [1.29, 1.82) is 0 Å². The van der Waals surface area contributed by atoms with Gasteiger partial charge in [-0.2, -0.15) is 0 Å². The van der Waals surface area contributed by atoms with Gasteiger partial charge >= 0.3 is 0 Å². The predicted octanol–water partition coefficient (Wildman–Crippen LogP) is 10.0. The fraction of sp³-hybridized carbons (Fsp3) is 0.0526. The van der Waals surface area contributed by atoms with Crippen molar-refractivity contribution in [1.82, 2.24) is 0 Å². The van der Waals surface area contributed by atoms with Gasteiger partial charge in [0.25, 0.3) is 0 Å². The Labute approximate surface area is 234 Å². The summed E-state index contributed by atoms with van der Waals surface area (Å²) in [6.07, 6.45) is 6.53. The van der Waals surface area contributed by atoms with Crippen LogP contribution in [0.3, 0.4) is 0 Å². The number of rotatable bonds is 6. The molecule has 2 nitrogen and oxygen atoms in total. The molecule has 0 fully saturated rings. The molecule has 0 spiro atoms. The molecule has 0 saturated heterocycles. The summed E-state index contributed by atoms with van der Waals surface area (Å²) >= 11 is 0. The highest BCUT2D eigenvalue weighted by Gasteiger charge is 2.46. The van der Waals surface area contributed by atoms with Crippen LogP contribution in [0.2, 0.25) is 0 Å². The summed E-state index contributed by atoms with van der Waals surface area (Å²) in [5.74, 6) is 0. The Bertz CT molecular complexity index is 1910. The number of fused-ring (bicyclic) bond motifs is 6. The normalized spacial score (nSPS) is 14.0. The van der Waals surface area contributed by atoms with E-state index < -0.39 is 5.41 Å². The molecule has 40 heavy (non-hydrogen) atoms. The average Bonchev–Trinajstić information content (AvgIpc) is 3.53. The number of hydrogen-bond acceptors (Lipinski definition) is 2. The number of para-hydroxylation sites is 2. The van der Waals surface area contributed by atoms with Gasteiger partial charge in [0.05, 0.1) is 11.1 Å². The molecule has 192 valence electrons. The molecule has 2 heteroatoms. The van der Waals surface area contributed by atoms with Crippen LogP contribution in [-0.2, 0) is 5.41 Å². The Hall–Kier alpha value is -5.08. The van der Waals surface area contributed by atoms with Gasteiger partial charge in [0.1, 0.15) is 5.58 Å². The maximum Gasteiger partial charge on any atom is 0.158 e. The zero-order chi connectivity index (χ0) is 27.1. The Balaban J connectivity index is 1.42. The number of benzene rings is 5. The molecule has 1 aliphatic carbocycles. The molecule has 0 bridgehead atoms. The van der Waals surface area contributed by atoms with Crippen molar-refractivity contribution >= 4 is 27.6 Å². The Morgan fingerprint density at radius 2 is 1.32 bits per heavy atom. The third kappa shape index (κ3) is 3.57. The van der Waals surface area contributed by atoms with Crippen molar-refractivity contribution in [2.75, 3.05) is 5.32 Å². The van der Waals surface area contributed by atoms with Crippen molar-refractivity contribution in [2.45, 2.75) is 12.3 Å². The van der Waals surface area contributed by atoms with Gasteiger partial charge in [-0.1, -0.05) is 128 Å². The molecule has 0 radical (unpaired) electrons. The minimum atomic E-state index is -0.489. The number of nitrogens with one attached hydrogen (secondary N) is 1. The highest BCUT2D eigenvalue weighted by molar-refractivity contribution is 6.08. The summed E-state index contributed by atoms with van der Waals surface area (Å²) in [7, 11) is 0. The first kappa shape index (κ1) is 24.0. The van der Waals surface area contributed by atoms with Crippen molar-refractivity contribution in [2.24, 2.45) is 0 Å². The van der Waals surface area contributed by atoms with E-state index in [9.17, 15) is 0 Å². The van der Waals surface area contributed by atoms with Crippen LogP contribution in [0.5, 0.6) is 0 Å². The number of anilines is 1. The minimum absolute atomic E-state index is 0.489. The fourth-order valence-electron chi connectivity index (χ4n) is 6.42. The van der Waals surface area contributed by atoms with Crippen molar-refractivity contribution in [3.8, 4) is 11.1 Å². The van der Waals surface area contributed by atoms with E-state index >= 15 is 0 Å². The van der Waals surface area contributed by atoms with Crippen LogP contribution >= 0.6 is 0 Å². The summed E-state index contributed by atoms with van der Waals surface area (Å²) < 4.78 is 6.28. The van der Waals surface area contributed by atoms with Gasteiger partial charge in [0.15, 0.2) is 5.58 Å². The molecule has 1 aliphatic rings. The second-order valence-corrected chi connectivity index (χ2v) is 10.2. The first-order chi connectivity index (χ1) is 19.7. The smallest absolute Gasteiger partial charge is 0.158 e. The Morgan fingerprint density at radius 1 is 0.700 bits per heavy atom. The Kier molecular flexibility index (Phi) is 5.75. The monoisotopic (exact) mass is 515 g/mol. The van der Waals surface area contributed by atoms with E-state index in [1.165, 1.54) is 27.8 Å². The van der Waals surface area contributed by atoms with Crippen LogP contribution in [0, 0.1) is 0 Å². The van der Waals surface area contributed by atoms with E-state index in [-0.39, 0.29) is 0 Å². The molecule has 6 aromatic rings. The predicted molar refractivity (Wildman–Crippen MR) is 168 cm³/mol. The molecule has 0 saturated carbocycles. The van der Waals surface area contributed by atoms with Crippen LogP contribution in [0.15, 0.2) is 162 Å². The van der Waals surface area contributed by atoms with Gasteiger partial charge in [0, 0.05) is 16.5 Å². The summed E-state index contributed by atoms with van der Waals surface area (Å²) in [4.78, 5) is 0. The number of furan rings is 1. The van der Waals surface area contributed by atoms with E-state index in [1.807, 2.05) is 24.3 Å². The quantitative estimate of drug-likeness (QED) is 0.223. The van der Waals surface area contributed by atoms with Crippen LogP contribution in [0.4, 0.5) is 5.69 Å². The summed E-state index contributed by atoms with van der Waals surface area (Å²) in [5.41, 5.74) is 10.4. The van der Waals surface area contributed by atoms with Crippen LogP contribution in [-0.4, -0.2) is 0 Å². The summed E-state index contributed by atoms with van der Waals surface area (Å²) in [6, 6.07) is 42.7. The van der Waals surface area contributed by atoms with Crippen LogP contribution in [0.25, 0.3) is 33.1 Å². The van der Waals surface area contributed by atoms with E-state index in [1.54, 1.807) is 0 Å². The molecule has 0 atom stereocenters. The zero-order valence-electron chi connectivity index (χ0n) is 22.4. The molecular weight excluding hydrogens is 486 g/mol. The van der Waals surface area contributed by atoms with Gasteiger partial charge in [-0.15, -0.1) is 0 Å². The molecule has 1 heterocycles. The fourth-order valence-corrected chi connectivity index (χ4v) is 6.42. The Morgan fingerprint density at radius 3 is 2.05 bits per heavy atom. The maximum atomic E-state index is 6.28. The van der Waals surface area contributed by atoms with E-state index in [0.29, 0.717) is 0 Å². The molecule has 1 aromatic heterocycles. The van der Waals surface area contributed by atoms with Crippen molar-refractivity contribution < 1.29 is 4.42 Å². The lowest BCUT2D eigenvalue weighted by atomic mass is 9.67. The largest absolute Gasteiger partial charge is 0.454 e. The van der Waals surface area contributed by atoms with Gasteiger partial charge in [-0.3, -0.25) is 0 Å². The third-order valence-electron chi connectivity index (χ3n) is 7.97. The highest BCUT2D eigenvalue weighted by Crippen LogP contribution is 2.56. The van der Waals surface area contributed by atoms with Crippen LogP contribution in [0.1, 0.15) is 23.6 Å². The molecule has 0 unspecified atom stereocenters. The van der Waals surface area contributed by atoms with Gasteiger partial charge < -0.3 is 9.73 Å². The lowest BCUT2D eigenvalue weighted by Gasteiger charge is -2.35. The second-order valence-electron chi connectivity index (χ2n) is 10.2. The SMILES string of the molecule is C=C(/C=C(\C=C/C)C1(c2ccccc2)c2ccccc2-c2ccccc21)Nc1cccc2c1oc1ccccc12. The lowest BCUT2D eigenvalue weighted by molar-refractivity contribution is 0.670. The molecule has 0 aliphatic heterocycles. The standard InChI is InChI=1S/C38H29NO/c1-3-14-28(25-26(2)39-35-23-13-20-32-31-19-9-12-24-36(31)40-37(32)35)38(27-15-5-4-6-16-27)33-21-10-7-17-29(33)30-18-8-11-22-34(30)38/h3-25,39H,2H2,1H3/b14-3-,28-25+. The molecular formula is C38H29NO. The maximum absolute atomic E-state index is 6.28. The van der Waals surface area contributed by atoms with E-state index in [2.05, 4.69) is 134 Å². The zero-order valence-corrected chi connectivity index (χ0v) is 22.4. The summed E-state index contributed by atoms with van der Waals surface area (Å²) in [6.45, 7) is 6.55. The van der Waals surface area contributed by atoms with Gasteiger partial charge in [0.2, 0.25) is 0 Å². The molecule has 0 amide bonds. The second kappa shape index (κ2) is 9.59. The third-order valence-corrected chi connectivity index (χ3v) is 7.97. The summed E-state index contributed by atoms with van der Waals surface area (Å²) in [5, 5.41) is 5.78. The molecule has 5 aromatic carbocycles. The van der Waals surface area contributed by atoms with Gasteiger partial charge in [-0.05, 0) is 58.5 Å². The average molecular weight is 516 g/mol. The van der Waals surface area contributed by atoms with Crippen molar-refractivity contribution in [3.05, 3.63) is 174 Å². The van der Waals surface area contributed by atoms with Crippen molar-refractivity contribution in [3.63, 3.8) is 0 Å². The molecule has 7 rings (SSSR count). The molecule has 1 N–H and O–H groups in total. The number of allylic oxidation sites excluding steroid dienone is 4. The topological polar surface area (TPSA) is 25.2 Å².